The number of hydrogen-bond acceptors (Lipinski definition) is 3. The Hall–Kier alpha value is -2.27. The summed E-state index contributed by atoms with van der Waals surface area (Å²) in [7, 11) is 0. The number of halogens is 1. The normalized spacial score (nSPS) is 12.1. The topological polar surface area (TPSA) is 62.2 Å². The second kappa shape index (κ2) is 6.25. The first-order valence-electron chi connectivity index (χ1n) is 6.23. The molecule has 20 heavy (non-hydrogen) atoms. The minimum Gasteiger partial charge on any atom is -0.478 e. The van der Waals surface area contributed by atoms with Crippen LogP contribution >= 0.6 is 0 Å². The van der Waals surface area contributed by atoms with Crippen LogP contribution in [-0.4, -0.2) is 16.1 Å². The molecule has 0 aliphatic heterocycles. The zero-order chi connectivity index (χ0) is 14.5. The Bertz CT molecular complexity index is 582. The number of carboxylic acids is 1. The summed E-state index contributed by atoms with van der Waals surface area (Å²) in [5.41, 5.74) is 1.90. The molecule has 0 saturated carbocycles. The maximum absolute atomic E-state index is 12.8. The van der Waals surface area contributed by atoms with Crippen LogP contribution in [0, 0.1) is 5.82 Å². The van der Waals surface area contributed by atoms with Crippen molar-refractivity contribution >= 4 is 5.97 Å². The van der Waals surface area contributed by atoms with Gasteiger partial charge in [0.1, 0.15) is 5.82 Å². The van der Waals surface area contributed by atoms with Crippen molar-refractivity contribution in [3.05, 3.63) is 65.2 Å². The second-order valence-corrected chi connectivity index (χ2v) is 4.50. The predicted molar refractivity (Wildman–Crippen MR) is 72.9 cm³/mol. The molecule has 0 aliphatic rings. The van der Waals surface area contributed by atoms with Gasteiger partial charge in [-0.05, 0) is 36.8 Å². The van der Waals surface area contributed by atoms with E-state index in [9.17, 15) is 9.18 Å². The molecule has 1 heterocycles. The van der Waals surface area contributed by atoms with Crippen molar-refractivity contribution in [3.8, 4) is 0 Å². The maximum atomic E-state index is 12.8. The van der Waals surface area contributed by atoms with Crippen LogP contribution in [0.2, 0.25) is 0 Å². The van der Waals surface area contributed by atoms with E-state index in [-0.39, 0.29) is 17.4 Å². The highest BCUT2D eigenvalue weighted by Crippen LogP contribution is 2.13. The predicted octanol–water partition coefficient (Wildman–Crippen LogP) is 2.77. The van der Waals surface area contributed by atoms with Gasteiger partial charge in [-0.2, -0.15) is 0 Å². The van der Waals surface area contributed by atoms with E-state index in [4.69, 9.17) is 5.11 Å². The van der Waals surface area contributed by atoms with Crippen LogP contribution in [0.25, 0.3) is 0 Å². The second-order valence-electron chi connectivity index (χ2n) is 4.50. The molecule has 4 nitrogen and oxygen atoms in total. The lowest BCUT2D eigenvalue weighted by atomic mass is 10.1. The lowest BCUT2D eigenvalue weighted by Crippen LogP contribution is -2.18. The van der Waals surface area contributed by atoms with E-state index in [2.05, 4.69) is 10.3 Å². The first kappa shape index (κ1) is 14.1. The molecule has 0 unspecified atom stereocenters. The molecule has 1 atom stereocenters. The molecular formula is C15H15FN2O2. The van der Waals surface area contributed by atoms with E-state index >= 15 is 0 Å². The monoisotopic (exact) mass is 274 g/mol. The highest BCUT2D eigenvalue weighted by Gasteiger charge is 2.06. The summed E-state index contributed by atoms with van der Waals surface area (Å²) in [6.07, 6.45) is 1.34. The summed E-state index contributed by atoms with van der Waals surface area (Å²) >= 11 is 0. The summed E-state index contributed by atoms with van der Waals surface area (Å²) in [4.78, 5) is 14.8. The molecular weight excluding hydrogens is 259 g/mol. The van der Waals surface area contributed by atoms with Crippen LogP contribution in [0.3, 0.4) is 0 Å². The van der Waals surface area contributed by atoms with Crippen LogP contribution in [0.15, 0.2) is 42.6 Å². The largest absolute Gasteiger partial charge is 0.478 e. The molecule has 0 fully saturated rings. The molecule has 2 rings (SSSR count). The Balaban J connectivity index is 1.94. The van der Waals surface area contributed by atoms with Gasteiger partial charge in [0.2, 0.25) is 0 Å². The fourth-order valence-electron chi connectivity index (χ4n) is 1.78. The van der Waals surface area contributed by atoms with Crippen LogP contribution in [0.5, 0.6) is 0 Å². The minimum absolute atomic E-state index is 0.0524. The molecule has 0 aliphatic carbocycles. The van der Waals surface area contributed by atoms with Crippen molar-refractivity contribution in [1.29, 1.82) is 0 Å². The summed E-state index contributed by atoms with van der Waals surface area (Å²) in [6.45, 7) is 2.48. The maximum Gasteiger partial charge on any atom is 0.337 e. The standard InChI is InChI=1S/C15H15FN2O2/c1-10(11-2-5-13(16)6-3-11)17-9-14-7-4-12(8-18-14)15(19)20/h2-8,10,17H,9H2,1H3,(H,19,20)/t10-/m0/s1. The van der Waals surface area contributed by atoms with Gasteiger partial charge in [-0.3, -0.25) is 4.98 Å². The molecule has 104 valence electrons. The molecule has 2 aromatic rings. The molecule has 0 saturated heterocycles. The van der Waals surface area contributed by atoms with Crippen molar-refractivity contribution in [2.24, 2.45) is 0 Å². The number of pyridine rings is 1. The Morgan fingerprint density at radius 1 is 1.30 bits per heavy atom. The number of carbonyl (C=O) groups is 1. The summed E-state index contributed by atoms with van der Waals surface area (Å²) in [5.74, 6) is -1.25. The molecule has 5 heteroatoms. The van der Waals surface area contributed by atoms with E-state index in [1.807, 2.05) is 6.92 Å². The van der Waals surface area contributed by atoms with Crippen molar-refractivity contribution in [1.82, 2.24) is 10.3 Å². The SMILES string of the molecule is C[C@H](NCc1ccc(C(=O)O)cn1)c1ccc(F)cc1. The lowest BCUT2D eigenvalue weighted by molar-refractivity contribution is 0.0696. The zero-order valence-corrected chi connectivity index (χ0v) is 11.0. The highest BCUT2D eigenvalue weighted by molar-refractivity contribution is 5.87. The first-order valence-corrected chi connectivity index (χ1v) is 6.23. The van der Waals surface area contributed by atoms with E-state index in [1.165, 1.54) is 24.4 Å². The Kier molecular flexibility index (Phi) is 4.42. The lowest BCUT2D eigenvalue weighted by Gasteiger charge is -2.14. The number of aromatic nitrogens is 1. The molecule has 1 aromatic heterocycles. The van der Waals surface area contributed by atoms with Crippen LogP contribution in [0.1, 0.15) is 34.6 Å². The van der Waals surface area contributed by atoms with Gasteiger partial charge in [0.15, 0.2) is 0 Å². The van der Waals surface area contributed by atoms with E-state index < -0.39 is 5.97 Å². The fraction of sp³-hybridized carbons (Fsp3) is 0.200. The number of rotatable bonds is 5. The van der Waals surface area contributed by atoms with Gasteiger partial charge >= 0.3 is 5.97 Å². The third-order valence-corrected chi connectivity index (χ3v) is 3.03. The van der Waals surface area contributed by atoms with E-state index in [0.29, 0.717) is 6.54 Å². The minimum atomic E-state index is -0.989. The molecule has 0 amide bonds. The average Bonchev–Trinajstić information content (AvgIpc) is 2.46. The third kappa shape index (κ3) is 3.61. The summed E-state index contributed by atoms with van der Waals surface area (Å²) < 4.78 is 12.8. The van der Waals surface area contributed by atoms with Gasteiger partial charge in [-0.15, -0.1) is 0 Å². The number of aromatic carboxylic acids is 1. The fourth-order valence-corrected chi connectivity index (χ4v) is 1.78. The van der Waals surface area contributed by atoms with Gasteiger partial charge in [-0.1, -0.05) is 12.1 Å². The van der Waals surface area contributed by atoms with Crippen molar-refractivity contribution < 1.29 is 14.3 Å². The van der Waals surface area contributed by atoms with Crippen LogP contribution < -0.4 is 5.32 Å². The van der Waals surface area contributed by atoms with Gasteiger partial charge in [0, 0.05) is 18.8 Å². The van der Waals surface area contributed by atoms with E-state index in [1.54, 1.807) is 18.2 Å². The first-order chi connectivity index (χ1) is 9.56. The van der Waals surface area contributed by atoms with Crippen molar-refractivity contribution in [3.63, 3.8) is 0 Å². The number of nitrogens with zero attached hydrogens (tertiary/aromatic N) is 1. The number of carboxylic acid groups (broad SMARTS) is 1. The van der Waals surface area contributed by atoms with Gasteiger partial charge in [0.25, 0.3) is 0 Å². The zero-order valence-electron chi connectivity index (χ0n) is 11.0. The third-order valence-electron chi connectivity index (χ3n) is 3.03. The van der Waals surface area contributed by atoms with Crippen LogP contribution in [-0.2, 0) is 6.54 Å². The van der Waals surface area contributed by atoms with Gasteiger partial charge in [-0.25, -0.2) is 9.18 Å². The molecule has 2 N–H and O–H groups in total. The smallest absolute Gasteiger partial charge is 0.337 e. The Labute approximate surface area is 116 Å². The molecule has 1 aromatic carbocycles. The molecule has 0 spiro atoms. The average molecular weight is 274 g/mol. The summed E-state index contributed by atoms with van der Waals surface area (Å²) in [5, 5.41) is 12.0. The Morgan fingerprint density at radius 2 is 2.00 bits per heavy atom. The number of nitrogens with one attached hydrogen (secondary N) is 1. The summed E-state index contributed by atoms with van der Waals surface area (Å²) in [6, 6.07) is 9.56. The highest BCUT2D eigenvalue weighted by atomic mass is 19.1. The molecule has 0 radical (unpaired) electrons. The molecule has 0 bridgehead atoms. The Morgan fingerprint density at radius 3 is 2.55 bits per heavy atom. The van der Waals surface area contributed by atoms with E-state index in [0.717, 1.165) is 11.3 Å². The number of benzene rings is 1. The van der Waals surface area contributed by atoms with Gasteiger partial charge in [0.05, 0.1) is 11.3 Å². The quantitative estimate of drug-likeness (QED) is 0.880. The number of hydrogen-bond donors (Lipinski definition) is 2. The van der Waals surface area contributed by atoms with Crippen molar-refractivity contribution in [2.45, 2.75) is 19.5 Å². The van der Waals surface area contributed by atoms with Gasteiger partial charge < -0.3 is 10.4 Å². The van der Waals surface area contributed by atoms with Crippen LogP contribution in [0.4, 0.5) is 4.39 Å². The van der Waals surface area contributed by atoms with Crippen molar-refractivity contribution in [2.75, 3.05) is 0 Å².